The van der Waals surface area contributed by atoms with E-state index in [1.165, 1.54) is 21.6 Å². The number of carbonyl (C=O) groups excluding carboxylic acids is 3. The van der Waals surface area contributed by atoms with E-state index in [2.05, 4.69) is 11.3 Å². The lowest BCUT2D eigenvalue weighted by molar-refractivity contribution is -0.151. The molecule has 0 aromatic carbocycles. The van der Waals surface area contributed by atoms with Crippen molar-refractivity contribution in [3.63, 3.8) is 0 Å². The Bertz CT molecular complexity index is 342. The number of hydrogen-bond acceptors (Lipinski definition) is 7. The highest BCUT2D eigenvalue weighted by Gasteiger charge is 2.37. The van der Waals surface area contributed by atoms with Crippen LogP contribution in [-0.2, 0) is 23.9 Å². The zero-order valence-corrected chi connectivity index (χ0v) is 9.77. The summed E-state index contributed by atoms with van der Waals surface area (Å²) in [6.45, 7) is 3.55. The van der Waals surface area contributed by atoms with Gasteiger partial charge in [0.15, 0.2) is 0 Å². The molecule has 0 amide bonds. The summed E-state index contributed by atoms with van der Waals surface area (Å²) in [7, 11) is 2.41. The normalized spacial score (nSPS) is 29.5. The minimum atomic E-state index is -0.535. The summed E-state index contributed by atoms with van der Waals surface area (Å²) in [4.78, 5) is 33.2. The van der Waals surface area contributed by atoms with Gasteiger partial charge in [0.1, 0.15) is 16.3 Å². The highest BCUT2D eigenvalue weighted by atomic mass is 33.1. The lowest BCUT2D eigenvalue weighted by Gasteiger charge is -2.05. The topological polar surface area (TPSA) is 69.7 Å². The van der Waals surface area contributed by atoms with Crippen LogP contribution in [0.3, 0.4) is 0 Å². The van der Waals surface area contributed by atoms with Crippen molar-refractivity contribution in [2.24, 2.45) is 0 Å². The van der Waals surface area contributed by atoms with Crippen LogP contribution < -0.4 is 0 Å². The Morgan fingerprint density at radius 1 is 1.00 bits per heavy atom. The van der Waals surface area contributed by atoms with Crippen LogP contribution in [-0.4, -0.2) is 28.4 Å². The van der Waals surface area contributed by atoms with Crippen molar-refractivity contribution in [3.8, 4) is 0 Å². The fourth-order valence-electron chi connectivity index (χ4n) is 1.27. The average Bonchev–Trinajstić information content (AvgIpc) is 2.66. The molecule has 2 rings (SSSR count). The zero-order valence-electron chi connectivity index (χ0n) is 8.13. The Kier molecular flexibility index (Phi) is 3.25. The Balaban J connectivity index is 1.84. The Labute approximate surface area is 99.3 Å². The summed E-state index contributed by atoms with van der Waals surface area (Å²) < 4.78 is 9.18. The number of allylic oxidation sites excluding steroid dienone is 1. The van der Waals surface area contributed by atoms with Crippen LogP contribution >= 0.6 is 21.6 Å². The van der Waals surface area contributed by atoms with Gasteiger partial charge in [-0.3, -0.25) is 14.4 Å². The largest absolute Gasteiger partial charge is 0.431 e. The first-order valence-electron chi connectivity index (χ1n) is 4.52. The molecule has 0 radical (unpaired) electrons. The van der Waals surface area contributed by atoms with Crippen LogP contribution in [0.4, 0.5) is 0 Å². The maximum atomic E-state index is 11.2. The lowest BCUT2D eigenvalue weighted by atomic mass is 10.3. The average molecular weight is 260 g/mol. The molecule has 0 spiro atoms. The van der Waals surface area contributed by atoms with Gasteiger partial charge >= 0.3 is 17.9 Å². The van der Waals surface area contributed by atoms with Crippen molar-refractivity contribution < 1.29 is 23.9 Å². The van der Waals surface area contributed by atoms with E-state index in [1.807, 2.05) is 0 Å². The van der Waals surface area contributed by atoms with E-state index in [-0.39, 0.29) is 17.6 Å². The Morgan fingerprint density at radius 2 is 1.56 bits per heavy atom. The van der Waals surface area contributed by atoms with Crippen LogP contribution in [0.1, 0.15) is 12.8 Å². The van der Waals surface area contributed by atoms with Crippen LogP contribution in [0.5, 0.6) is 0 Å². The van der Waals surface area contributed by atoms with Crippen LogP contribution in [0, 0.1) is 0 Å². The SMILES string of the molecule is C=C1CC(SSC2CC(=O)OC2=O)C(=O)O1. The van der Waals surface area contributed by atoms with Gasteiger partial charge in [-0.15, -0.1) is 0 Å². The molecule has 0 bridgehead atoms. The van der Waals surface area contributed by atoms with E-state index >= 15 is 0 Å². The van der Waals surface area contributed by atoms with Gasteiger partial charge in [-0.2, -0.15) is 0 Å². The van der Waals surface area contributed by atoms with E-state index in [9.17, 15) is 14.4 Å². The molecule has 0 N–H and O–H groups in total. The quantitative estimate of drug-likeness (QED) is 0.426. The maximum Gasteiger partial charge on any atom is 0.328 e. The summed E-state index contributed by atoms with van der Waals surface area (Å²) in [5, 5.41) is -0.861. The van der Waals surface area contributed by atoms with Crippen molar-refractivity contribution >= 4 is 39.5 Å². The van der Waals surface area contributed by atoms with Gasteiger partial charge in [0.25, 0.3) is 0 Å². The first-order valence-corrected chi connectivity index (χ1v) is 6.80. The van der Waals surface area contributed by atoms with E-state index in [0.717, 1.165) is 0 Å². The first-order chi connectivity index (χ1) is 7.56. The molecule has 86 valence electrons. The minimum Gasteiger partial charge on any atom is -0.431 e. The van der Waals surface area contributed by atoms with Crippen molar-refractivity contribution in [2.75, 3.05) is 0 Å². The van der Waals surface area contributed by atoms with Gasteiger partial charge in [0.05, 0.1) is 6.42 Å². The number of rotatable bonds is 3. The fraction of sp³-hybridized carbons (Fsp3) is 0.444. The van der Waals surface area contributed by atoms with Gasteiger partial charge in [-0.05, 0) is 0 Å². The second kappa shape index (κ2) is 4.50. The standard InChI is InChI=1S/C9H8O5S2/c1-4-2-5(8(11)13-4)15-16-6-3-7(10)14-9(6)12/h5-6H,1-3H2. The number of carbonyl (C=O) groups is 3. The second-order valence-corrected chi connectivity index (χ2v) is 6.01. The number of esters is 3. The predicted octanol–water partition coefficient (Wildman–Crippen LogP) is 1.04. The van der Waals surface area contributed by atoms with Crippen LogP contribution in [0.25, 0.3) is 0 Å². The van der Waals surface area contributed by atoms with Crippen molar-refractivity contribution in [1.29, 1.82) is 0 Å². The predicted molar refractivity (Wildman–Crippen MR) is 58.3 cm³/mol. The second-order valence-electron chi connectivity index (χ2n) is 3.33. The summed E-state index contributed by atoms with van der Waals surface area (Å²) in [6.07, 6.45) is 0.519. The number of hydrogen-bond donors (Lipinski definition) is 0. The van der Waals surface area contributed by atoms with Gasteiger partial charge < -0.3 is 9.47 Å². The molecule has 2 heterocycles. The third kappa shape index (κ3) is 2.41. The van der Waals surface area contributed by atoms with E-state index < -0.39 is 17.2 Å². The van der Waals surface area contributed by atoms with Crippen LogP contribution in [0.2, 0.25) is 0 Å². The molecule has 7 heteroatoms. The molecule has 0 aromatic rings. The molecule has 0 aliphatic carbocycles. The van der Waals surface area contributed by atoms with Crippen molar-refractivity contribution in [1.82, 2.24) is 0 Å². The third-order valence-corrected chi connectivity index (χ3v) is 5.06. The maximum absolute atomic E-state index is 11.2. The molecular weight excluding hydrogens is 252 g/mol. The van der Waals surface area contributed by atoms with E-state index in [4.69, 9.17) is 4.74 Å². The molecule has 2 aliphatic heterocycles. The fourth-order valence-corrected chi connectivity index (χ4v) is 3.94. The monoisotopic (exact) mass is 260 g/mol. The highest BCUT2D eigenvalue weighted by molar-refractivity contribution is 8.77. The smallest absolute Gasteiger partial charge is 0.328 e. The zero-order chi connectivity index (χ0) is 11.7. The summed E-state index contributed by atoms with van der Waals surface area (Å²) >= 11 is 0. The van der Waals surface area contributed by atoms with Gasteiger partial charge in [0.2, 0.25) is 0 Å². The molecule has 0 aromatic heterocycles. The lowest BCUT2D eigenvalue weighted by Crippen LogP contribution is -2.12. The molecule has 2 unspecified atom stereocenters. The summed E-state index contributed by atoms with van der Waals surface area (Å²) in [5.74, 6) is -0.956. The molecular formula is C9H8O5S2. The van der Waals surface area contributed by atoms with E-state index in [1.54, 1.807) is 0 Å². The third-order valence-electron chi connectivity index (χ3n) is 2.04. The highest BCUT2D eigenvalue weighted by Crippen LogP contribution is 2.40. The molecule has 2 saturated heterocycles. The molecule has 5 nitrogen and oxygen atoms in total. The Morgan fingerprint density at radius 3 is 2.00 bits per heavy atom. The minimum absolute atomic E-state index is 0.0687. The molecule has 16 heavy (non-hydrogen) atoms. The van der Waals surface area contributed by atoms with Crippen LogP contribution in [0.15, 0.2) is 12.3 Å². The number of ether oxygens (including phenoxy) is 2. The number of cyclic esters (lactones) is 3. The van der Waals surface area contributed by atoms with E-state index in [0.29, 0.717) is 12.2 Å². The van der Waals surface area contributed by atoms with Gasteiger partial charge in [-0.25, -0.2) is 0 Å². The molecule has 2 aliphatic rings. The molecule has 2 fully saturated rings. The van der Waals surface area contributed by atoms with Gasteiger partial charge in [0, 0.05) is 6.42 Å². The Hall–Kier alpha value is -0.950. The van der Waals surface area contributed by atoms with Gasteiger partial charge in [-0.1, -0.05) is 28.2 Å². The summed E-state index contributed by atoms with van der Waals surface area (Å²) in [5.41, 5.74) is 0. The van der Waals surface area contributed by atoms with Crippen molar-refractivity contribution in [3.05, 3.63) is 12.3 Å². The molecule has 2 atom stereocenters. The summed E-state index contributed by atoms with van der Waals surface area (Å²) in [6, 6.07) is 0. The molecule has 0 saturated carbocycles. The van der Waals surface area contributed by atoms with Crippen molar-refractivity contribution in [2.45, 2.75) is 23.3 Å². The first kappa shape index (κ1) is 11.5.